The molecule has 0 aliphatic carbocycles. The molecular formula is C33H43N4O3S+. The van der Waals surface area contributed by atoms with Gasteiger partial charge < -0.3 is 19.0 Å². The zero-order chi connectivity index (χ0) is 28.8. The first-order valence-electron chi connectivity index (χ1n) is 14.7. The van der Waals surface area contributed by atoms with Gasteiger partial charge in [0.05, 0.1) is 36.0 Å². The van der Waals surface area contributed by atoms with Crippen LogP contribution in [0.1, 0.15) is 25.0 Å². The maximum atomic E-state index is 13.3. The monoisotopic (exact) mass is 575 g/mol. The van der Waals surface area contributed by atoms with Crippen molar-refractivity contribution in [2.24, 2.45) is 5.41 Å². The number of benzene rings is 3. The van der Waals surface area contributed by atoms with Gasteiger partial charge in [-0.05, 0) is 53.4 Å². The van der Waals surface area contributed by atoms with Crippen LogP contribution in [0.5, 0.6) is 5.75 Å². The lowest BCUT2D eigenvalue weighted by atomic mass is 9.95. The van der Waals surface area contributed by atoms with Crippen molar-refractivity contribution in [3.63, 3.8) is 0 Å². The highest BCUT2D eigenvalue weighted by atomic mass is 32.2. The highest BCUT2D eigenvalue weighted by Crippen LogP contribution is 2.42. The molecule has 0 atom stereocenters. The Kier molecular flexibility index (Phi) is 7.29. The average molecular weight is 576 g/mol. The Labute approximate surface area is 245 Å². The van der Waals surface area contributed by atoms with Crippen molar-refractivity contribution in [2.45, 2.75) is 31.9 Å². The molecule has 0 N–H and O–H groups in total. The SMILES string of the molecule is CN(C)c1ccc2c(c1)N(c1ccc(OCc3ccc(C[N+]45CCN(CC4)CC5)cc3)cc1)CC(C)(C)CS2(=O)=O. The van der Waals surface area contributed by atoms with Gasteiger partial charge in [0.2, 0.25) is 0 Å². The molecule has 7 nitrogen and oxygen atoms in total. The number of quaternary nitrogens is 1. The predicted molar refractivity (Wildman–Crippen MR) is 166 cm³/mol. The van der Waals surface area contributed by atoms with Gasteiger partial charge in [-0.25, -0.2) is 8.42 Å². The van der Waals surface area contributed by atoms with Gasteiger partial charge in [0.15, 0.2) is 9.84 Å². The van der Waals surface area contributed by atoms with Crippen LogP contribution in [0.25, 0.3) is 0 Å². The summed E-state index contributed by atoms with van der Waals surface area (Å²) in [6, 6.07) is 22.6. The lowest BCUT2D eigenvalue weighted by molar-refractivity contribution is -0.953. The minimum absolute atomic E-state index is 0.114. The first-order chi connectivity index (χ1) is 19.5. The maximum absolute atomic E-state index is 13.3. The summed E-state index contributed by atoms with van der Waals surface area (Å²) in [7, 11) is 0.522. The second-order valence-corrected chi connectivity index (χ2v) is 15.1. The summed E-state index contributed by atoms with van der Waals surface area (Å²) >= 11 is 0. The van der Waals surface area contributed by atoms with Crippen molar-refractivity contribution in [3.8, 4) is 5.75 Å². The molecular weight excluding hydrogens is 532 g/mol. The lowest BCUT2D eigenvalue weighted by Gasteiger charge is -2.50. The van der Waals surface area contributed by atoms with Gasteiger partial charge in [0, 0.05) is 57.2 Å². The largest absolute Gasteiger partial charge is 0.489 e. The fraction of sp³-hybridized carbons (Fsp3) is 0.455. The number of anilines is 3. The predicted octanol–water partition coefficient (Wildman–Crippen LogP) is 4.93. The molecule has 0 amide bonds. The summed E-state index contributed by atoms with van der Waals surface area (Å²) in [5.41, 5.74) is 4.81. The number of ether oxygens (including phenoxy) is 1. The van der Waals surface area contributed by atoms with Crippen LogP contribution in [0.3, 0.4) is 0 Å². The molecule has 4 aliphatic heterocycles. The minimum Gasteiger partial charge on any atom is -0.489 e. The van der Waals surface area contributed by atoms with Crippen LogP contribution in [0.4, 0.5) is 17.1 Å². The van der Waals surface area contributed by atoms with E-state index in [-0.39, 0.29) is 5.75 Å². The zero-order valence-corrected chi connectivity index (χ0v) is 25.7. The van der Waals surface area contributed by atoms with E-state index in [0.717, 1.165) is 34.9 Å². The Morgan fingerprint density at radius 2 is 1.51 bits per heavy atom. The van der Waals surface area contributed by atoms with Crippen molar-refractivity contribution in [2.75, 3.05) is 75.5 Å². The van der Waals surface area contributed by atoms with Crippen LogP contribution in [0, 0.1) is 5.41 Å². The van der Waals surface area contributed by atoms with Gasteiger partial charge in [-0.1, -0.05) is 38.1 Å². The molecule has 4 heterocycles. The zero-order valence-electron chi connectivity index (χ0n) is 24.8. The van der Waals surface area contributed by atoms with E-state index in [1.165, 1.54) is 49.3 Å². The first-order valence-corrected chi connectivity index (χ1v) is 16.4. The van der Waals surface area contributed by atoms with Crippen LogP contribution >= 0.6 is 0 Å². The lowest BCUT2D eigenvalue weighted by Crippen LogP contribution is -2.66. The van der Waals surface area contributed by atoms with Gasteiger partial charge >= 0.3 is 0 Å². The Morgan fingerprint density at radius 3 is 2.15 bits per heavy atom. The molecule has 218 valence electrons. The van der Waals surface area contributed by atoms with E-state index in [1.54, 1.807) is 6.07 Å². The molecule has 4 aliphatic rings. The smallest absolute Gasteiger partial charge is 0.181 e. The molecule has 3 saturated heterocycles. The Morgan fingerprint density at radius 1 is 0.878 bits per heavy atom. The van der Waals surface area contributed by atoms with Crippen molar-refractivity contribution in [1.82, 2.24) is 4.90 Å². The summed E-state index contributed by atoms with van der Waals surface area (Å²) in [6.45, 7) is 13.8. The quantitative estimate of drug-likeness (QED) is 0.373. The third kappa shape index (κ3) is 5.96. The Hall–Kier alpha value is -3.07. The standard InChI is InChI=1S/C33H43N4O3S/c1-33(2)24-36(31-21-29(34(3)4)11-14-32(31)41(38,39)25-33)28-9-12-30(13-10-28)40-23-27-7-5-26(6-8-27)22-37-18-15-35(16-19-37)17-20-37/h5-14,21H,15-20,22-25H2,1-4H3/q+1. The molecule has 7 rings (SSSR count). The highest BCUT2D eigenvalue weighted by Gasteiger charge is 2.39. The summed E-state index contributed by atoms with van der Waals surface area (Å²) in [6.07, 6.45) is 0. The molecule has 8 heteroatoms. The highest BCUT2D eigenvalue weighted by molar-refractivity contribution is 7.91. The number of fused-ring (bicyclic) bond motifs is 4. The van der Waals surface area contributed by atoms with Crippen molar-refractivity contribution >= 4 is 26.9 Å². The molecule has 3 fully saturated rings. The van der Waals surface area contributed by atoms with E-state index >= 15 is 0 Å². The third-order valence-electron chi connectivity index (χ3n) is 9.02. The van der Waals surface area contributed by atoms with Crippen LogP contribution in [-0.2, 0) is 23.0 Å². The van der Waals surface area contributed by atoms with Gasteiger partial charge in [0.25, 0.3) is 0 Å². The van der Waals surface area contributed by atoms with Gasteiger partial charge in [-0.15, -0.1) is 0 Å². The summed E-state index contributed by atoms with van der Waals surface area (Å²) in [4.78, 5) is 7.13. The fourth-order valence-corrected chi connectivity index (χ4v) is 8.66. The van der Waals surface area contributed by atoms with Crippen molar-refractivity contribution in [1.29, 1.82) is 0 Å². The van der Waals surface area contributed by atoms with Crippen LogP contribution < -0.4 is 14.5 Å². The van der Waals surface area contributed by atoms with E-state index < -0.39 is 15.3 Å². The number of hydrogen-bond acceptors (Lipinski definition) is 6. The number of nitrogens with zero attached hydrogens (tertiary/aromatic N) is 4. The number of piperazine rings is 3. The molecule has 0 saturated carbocycles. The van der Waals surface area contributed by atoms with E-state index in [0.29, 0.717) is 18.0 Å². The molecule has 2 bridgehead atoms. The molecule has 0 unspecified atom stereocenters. The molecule has 41 heavy (non-hydrogen) atoms. The van der Waals surface area contributed by atoms with Crippen LogP contribution in [-0.4, -0.2) is 83.5 Å². The normalized spacial score (nSPS) is 24.4. The topological polar surface area (TPSA) is 53.1 Å². The summed E-state index contributed by atoms with van der Waals surface area (Å²) in [5.74, 6) is 0.912. The van der Waals surface area contributed by atoms with E-state index in [4.69, 9.17) is 4.74 Å². The molecule has 3 aromatic rings. The third-order valence-corrected chi connectivity index (χ3v) is 11.2. The molecule has 0 aromatic heterocycles. The Bertz CT molecular complexity index is 1480. The summed E-state index contributed by atoms with van der Waals surface area (Å²) in [5, 5.41) is 0. The maximum Gasteiger partial charge on any atom is 0.181 e. The summed E-state index contributed by atoms with van der Waals surface area (Å²) < 4.78 is 34.1. The first kappa shape index (κ1) is 28.1. The van der Waals surface area contributed by atoms with Crippen molar-refractivity contribution in [3.05, 3.63) is 77.9 Å². The number of rotatable bonds is 7. The Balaban J connectivity index is 1.16. The van der Waals surface area contributed by atoms with E-state index in [2.05, 4.69) is 34.1 Å². The van der Waals surface area contributed by atoms with E-state index in [1.807, 2.05) is 69.2 Å². The van der Waals surface area contributed by atoms with E-state index in [9.17, 15) is 8.42 Å². The average Bonchev–Trinajstić information content (AvgIpc) is 3.04. The number of sulfone groups is 1. The second kappa shape index (κ2) is 10.6. The van der Waals surface area contributed by atoms with Crippen LogP contribution in [0.2, 0.25) is 0 Å². The van der Waals surface area contributed by atoms with Crippen LogP contribution in [0.15, 0.2) is 71.6 Å². The van der Waals surface area contributed by atoms with Gasteiger partial charge in [-0.3, -0.25) is 4.90 Å². The van der Waals surface area contributed by atoms with Gasteiger partial charge in [-0.2, -0.15) is 0 Å². The molecule has 3 aromatic carbocycles. The minimum atomic E-state index is -3.42. The second-order valence-electron chi connectivity index (χ2n) is 13.2. The fourth-order valence-electron chi connectivity index (χ4n) is 6.63. The van der Waals surface area contributed by atoms with Crippen molar-refractivity contribution < 1.29 is 17.6 Å². The number of hydrogen-bond donors (Lipinski definition) is 0. The molecule has 0 radical (unpaired) electrons. The van der Waals surface area contributed by atoms with Gasteiger partial charge in [0.1, 0.15) is 18.9 Å². The molecule has 0 spiro atoms.